The predicted molar refractivity (Wildman–Crippen MR) is 114 cm³/mol. The van der Waals surface area contributed by atoms with Gasteiger partial charge >= 0.3 is 5.97 Å². The molecular weight excluding hydrogens is 442 g/mol. The third-order valence-electron chi connectivity index (χ3n) is 4.99. The van der Waals surface area contributed by atoms with Crippen LogP contribution < -0.4 is 5.32 Å². The van der Waals surface area contributed by atoms with Gasteiger partial charge in [0.15, 0.2) is 5.65 Å². The van der Waals surface area contributed by atoms with E-state index in [1.807, 2.05) is 0 Å². The first kappa shape index (κ1) is 21.4. The van der Waals surface area contributed by atoms with Gasteiger partial charge in [0.2, 0.25) is 0 Å². The number of fused-ring (bicyclic) bond motifs is 2. The molecule has 1 unspecified atom stereocenters. The van der Waals surface area contributed by atoms with Gasteiger partial charge in [-0.2, -0.15) is 14.9 Å². The molecule has 4 rings (SSSR count). The van der Waals surface area contributed by atoms with E-state index >= 15 is 0 Å². The largest absolute Gasteiger partial charge is 0.480 e. The van der Waals surface area contributed by atoms with Crippen LogP contribution in [0.2, 0.25) is 5.02 Å². The van der Waals surface area contributed by atoms with Crippen molar-refractivity contribution >= 4 is 39.9 Å². The number of aryl methyl sites for hydroxylation is 1. The van der Waals surface area contributed by atoms with E-state index in [-0.39, 0.29) is 17.0 Å². The molecule has 3 aromatic heterocycles. The summed E-state index contributed by atoms with van der Waals surface area (Å²) < 4.78 is 28.2. The molecule has 2 N–H and O–H groups in total. The lowest BCUT2D eigenvalue weighted by Gasteiger charge is -2.19. The van der Waals surface area contributed by atoms with Crippen LogP contribution >= 0.6 is 11.6 Å². The van der Waals surface area contributed by atoms with E-state index in [0.717, 1.165) is 4.52 Å². The molecule has 1 atom stereocenters. The van der Waals surface area contributed by atoms with Crippen LogP contribution in [0.15, 0.2) is 30.5 Å². The summed E-state index contributed by atoms with van der Waals surface area (Å²) in [6.07, 6.45) is -1.46. The molecule has 32 heavy (non-hydrogen) atoms. The number of alkyl halides is 2. The van der Waals surface area contributed by atoms with E-state index in [0.29, 0.717) is 32.7 Å². The molecule has 0 spiro atoms. The summed E-state index contributed by atoms with van der Waals surface area (Å²) in [4.78, 5) is 20.2. The van der Waals surface area contributed by atoms with Gasteiger partial charge in [0.1, 0.15) is 29.2 Å². The van der Waals surface area contributed by atoms with Crippen LogP contribution in [-0.2, 0) is 4.79 Å². The molecule has 0 saturated heterocycles. The van der Waals surface area contributed by atoms with E-state index in [4.69, 9.17) is 11.6 Å². The van der Waals surface area contributed by atoms with Gasteiger partial charge in [0.25, 0.3) is 6.43 Å². The average molecular weight is 457 g/mol. The topological polar surface area (TPSA) is 116 Å². The molecule has 4 aromatic rings. The molecule has 0 aliphatic carbocycles. The molecule has 0 fully saturated rings. The van der Waals surface area contributed by atoms with Gasteiger partial charge < -0.3 is 10.4 Å². The van der Waals surface area contributed by atoms with Gasteiger partial charge in [-0.25, -0.2) is 13.8 Å². The summed E-state index contributed by atoms with van der Waals surface area (Å²) >= 11 is 6.08. The van der Waals surface area contributed by atoms with Crippen LogP contribution in [0.4, 0.5) is 14.6 Å². The number of hydrogen-bond acceptors (Lipinski definition) is 6. The first-order chi connectivity index (χ1) is 15.2. The van der Waals surface area contributed by atoms with Crippen molar-refractivity contribution < 1.29 is 18.7 Å². The smallest absolute Gasteiger partial charge is 0.325 e. The molecule has 0 bridgehead atoms. The number of carboxylic acid groups (broad SMARTS) is 1. The summed E-state index contributed by atoms with van der Waals surface area (Å²) in [7, 11) is 0. The zero-order chi connectivity index (χ0) is 23.2. The second-order valence-electron chi connectivity index (χ2n) is 7.05. The summed E-state index contributed by atoms with van der Waals surface area (Å²) in [5, 5.41) is 26.8. The summed E-state index contributed by atoms with van der Waals surface area (Å²) in [5.41, 5.74) is 0.835. The van der Waals surface area contributed by atoms with Crippen LogP contribution in [0.25, 0.3) is 27.7 Å². The lowest BCUT2D eigenvalue weighted by atomic mass is 10.00. The summed E-state index contributed by atoms with van der Waals surface area (Å²) in [6, 6.07) is 7.44. The highest BCUT2D eigenvalue weighted by atomic mass is 35.5. The van der Waals surface area contributed by atoms with Gasteiger partial charge in [-0.15, -0.1) is 0 Å². The SMILES string of the molecule is Cc1nc2c(C#N)c(C(F)F)nn2c(NC(C)C(=O)O)c1-c1ccnc2cc(Cl)ccc12. The third-order valence-corrected chi connectivity index (χ3v) is 5.22. The van der Waals surface area contributed by atoms with Gasteiger partial charge in [-0.1, -0.05) is 17.7 Å². The van der Waals surface area contributed by atoms with Crippen molar-refractivity contribution in [2.45, 2.75) is 26.3 Å². The fourth-order valence-electron chi connectivity index (χ4n) is 3.50. The van der Waals surface area contributed by atoms with Crippen molar-refractivity contribution in [2.75, 3.05) is 5.32 Å². The molecule has 1 aromatic carbocycles. The Kier molecular flexibility index (Phi) is 5.36. The molecule has 162 valence electrons. The standard InChI is InChI=1S/C21H15ClF2N6O2/c1-9-16(13-5-6-26-15-7-11(22)3-4-12(13)15)20(28-10(2)21(31)32)30-19(27-9)14(8-25)17(29-30)18(23)24/h3-7,10,18,28H,1-2H3,(H,31,32). The minimum atomic E-state index is -3.01. The van der Waals surface area contributed by atoms with Crippen LogP contribution in [0.3, 0.4) is 0 Å². The average Bonchev–Trinajstić information content (AvgIpc) is 3.11. The Morgan fingerprint density at radius 1 is 1.34 bits per heavy atom. The first-order valence-electron chi connectivity index (χ1n) is 9.38. The second kappa shape index (κ2) is 8.01. The van der Waals surface area contributed by atoms with Crippen LogP contribution in [-0.4, -0.2) is 36.7 Å². The Morgan fingerprint density at radius 2 is 2.09 bits per heavy atom. The van der Waals surface area contributed by atoms with Gasteiger partial charge in [-0.3, -0.25) is 9.78 Å². The number of hydrogen-bond donors (Lipinski definition) is 2. The van der Waals surface area contributed by atoms with Crippen molar-refractivity contribution in [3.63, 3.8) is 0 Å². The molecule has 0 radical (unpaired) electrons. The zero-order valence-electron chi connectivity index (χ0n) is 16.8. The molecule has 0 aliphatic heterocycles. The molecule has 0 amide bonds. The van der Waals surface area contributed by atoms with Crippen molar-refractivity contribution in [3.05, 3.63) is 52.4 Å². The molecule has 0 aliphatic rings. The minimum absolute atomic E-state index is 0.0921. The first-order valence-corrected chi connectivity index (χ1v) is 9.76. The lowest BCUT2D eigenvalue weighted by Crippen LogP contribution is -2.27. The van der Waals surface area contributed by atoms with E-state index in [1.54, 1.807) is 43.5 Å². The van der Waals surface area contributed by atoms with Crippen molar-refractivity contribution in [3.8, 4) is 17.2 Å². The highest BCUT2D eigenvalue weighted by Crippen LogP contribution is 2.38. The number of anilines is 1. The second-order valence-corrected chi connectivity index (χ2v) is 7.49. The van der Waals surface area contributed by atoms with E-state index in [9.17, 15) is 23.9 Å². The van der Waals surface area contributed by atoms with E-state index < -0.39 is 24.1 Å². The fourth-order valence-corrected chi connectivity index (χ4v) is 3.66. The normalized spacial score (nSPS) is 12.3. The van der Waals surface area contributed by atoms with Gasteiger partial charge in [0, 0.05) is 22.2 Å². The Labute approximate surface area is 185 Å². The number of aliphatic carboxylic acids is 1. The number of halogens is 3. The van der Waals surface area contributed by atoms with Crippen molar-refractivity contribution in [1.82, 2.24) is 19.6 Å². The molecule has 0 saturated carbocycles. The quantitative estimate of drug-likeness (QED) is 0.450. The summed E-state index contributed by atoms with van der Waals surface area (Å²) in [6.45, 7) is 3.05. The number of carbonyl (C=O) groups is 1. The number of benzene rings is 1. The van der Waals surface area contributed by atoms with Gasteiger partial charge in [0.05, 0.1) is 11.2 Å². The lowest BCUT2D eigenvalue weighted by molar-refractivity contribution is -0.137. The van der Waals surface area contributed by atoms with E-state index in [2.05, 4.69) is 20.4 Å². The number of nitriles is 1. The number of nitrogens with one attached hydrogen (secondary N) is 1. The third kappa shape index (κ3) is 3.46. The Bertz CT molecular complexity index is 1430. The maximum absolute atomic E-state index is 13.6. The fraction of sp³-hybridized carbons (Fsp3) is 0.190. The molecule has 8 nitrogen and oxygen atoms in total. The Hall–Kier alpha value is -3.84. The number of carboxylic acids is 1. The molecule has 3 heterocycles. The minimum Gasteiger partial charge on any atom is -0.480 e. The highest BCUT2D eigenvalue weighted by molar-refractivity contribution is 6.31. The monoisotopic (exact) mass is 456 g/mol. The molecule has 11 heteroatoms. The van der Waals surface area contributed by atoms with Gasteiger partial charge in [-0.05, 0) is 37.6 Å². The van der Waals surface area contributed by atoms with Crippen LogP contribution in [0.5, 0.6) is 0 Å². The number of nitrogens with zero attached hydrogens (tertiary/aromatic N) is 5. The maximum Gasteiger partial charge on any atom is 0.325 e. The maximum atomic E-state index is 13.6. The van der Waals surface area contributed by atoms with E-state index in [1.165, 1.54) is 6.92 Å². The highest BCUT2D eigenvalue weighted by Gasteiger charge is 2.27. The van der Waals surface area contributed by atoms with Crippen LogP contribution in [0.1, 0.15) is 30.3 Å². The molecular formula is C21H15ClF2N6O2. The number of rotatable bonds is 5. The number of aromatic nitrogens is 4. The van der Waals surface area contributed by atoms with Crippen LogP contribution in [0, 0.1) is 18.3 Å². The predicted octanol–water partition coefficient (Wildman–Crippen LogP) is 4.60. The van der Waals surface area contributed by atoms with Crippen molar-refractivity contribution in [1.29, 1.82) is 5.26 Å². The Balaban J connectivity index is 2.12. The Morgan fingerprint density at radius 3 is 2.75 bits per heavy atom. The zero-order valence-corrected chi connectivity index (χ0v) is 17.5. The van der Waals surface area contributed by atoms with Crippen molar-refractivity contribution in [2.24, 2.45) is 0 Å². The number of pyridine rings is 1. The summed E-state index contributed by atoms with van der Waals surface area (Å²) in [5.74, 6) is -1.04.